The molecule has 1 spiro atoms. The third-order valence-corrected chi connectivity index (χ3v) is 7.98. The Hall–Kier alpha value is -3.17. The van der Waals surface area contributed by atoms with Crippen molar-refractivity contribution >= 4 is 16.9 Å². The van der Waals surface area contributed by atoms with Crippen LogP contribution in [0.15, 0.2) is 35.6 Å². The Morgan fingerprint density at radius 2 is 1.78 bits per heavy atom. The zero-order chi connectivity index (χ0) is 25.1. The highest BCUT2D eigenvalue weighted by Gasteiger charge is 2.60. The van der Waals surface area contributed by atoms with Gasteiger partial charge in [-0.3, -0.25) is 4.99 Å². The zero-order valence-corrected chi connectivity index (χ0v) is 19.4. The van der Waals surface area contributed by atoms with Crippen LogP contribution in [0.1, 0.15) is 49.7 Å². The number of aromatic amines is 1. The molecule has 0 atom stereocenters. The number of ether oxygens (including phenoxy) is 2. The fourth-order valence-corrected chi connectivity index (χ4v) is 5.49. The van der Waals surface area contributed by atoms with Crippen molar-refractivity contribution in [1.29, 1.82) is 0 Å². The average molecular weight is 505 g/mol. The van der Waals surface area contributed by atoms with Gasteiger partial charge in [-0.1, -0.05) is 12.8 Å². The van der Waals surface area contributed by atoms with E-state index in [-0.39, 0.29) is 47.0 Å². The fourth-order valence-electron chi connectivity index (χ4n) is 5.49. The quantitative estimate of drug-likeness (QED) is 0.390. The van der Waals surface area contributed by atoms with Crippen LogP contribution in [0, 0.1) is 17.0 Å². The second-order valence-electron chi connectivity index (χ2n) is 10.2. The van der Waals surface area contributed by atoms with E-state index in [9.17, 15) is 13.2 Å². The molecule has 2 aromatic heterocycles. The molecule has 0 unspecified atom stereocenters. The van der Waals surface area contributed by atoms with E-state index < -0.39 is 29.0 Å². The monoisotopic (exact) mass is 505 g/mol. The predicted molar refractivity (Wildman–Crippen MR) is 122 cm³/mol. The number of benzene rings is 1. The first-order valence-electron chi connectivity index (χ1n) is 12.1. The van der Waals surface area contributed by atoms with Crippen LogP contribution in [0.3, 0.4) is 0 Å². The van der Waals surface area contributed by atoms with Crippen molar-refractivity contribution in [2.75, 3.05) is 13.2 Å². The summed E-state index contributed by atoms with van der Waals surface area (Å²) in [6.45, 7) is 1.22. The first-order chi connectivity index (χ1) is 17.2. The highest BCUT2D eigenvalue weighted by Crippen LogP contribution is 2.57. The Bertz CT molecular complexity index is 1330. The Morgan fingerprint density at radius 3 is 2.33 bits per heavy atom. The van der Waals surface area contributed by atoms with Gasteiger partial charge in [0.2, 0.25) is 0 Å². The normalized spacial score (nSPS) is 20.4. The van der Waals surface area contributed by atoms with E-state index in [0.717, 1.165) is 31.4 Å². The van der Waals surface area contributed by atoms with Gasteiger partial charge in [0, 0.05) is 24.2 Å². The summed E-state index contributed by atoms with van der Waals surface area (Å²) in [5.74, 6) is -2.27. The molecule has 3 heterocycles. The Morgan fingerprint density at radius 1 is 1.06 bits per heavy atom. The number of hydrogen-bond donors (Lipinski definition) is 1. The molecule has 0 bridgehead atoms. The SMILES string of the molecule is Fc1cc(CC2=NCC3(CCC3)CO2)cc(F)c1Oc1ccnc2[nH]cc(C3(C(F)(F)F)CCC3)c12. The number of aromatic nitrogens is 2. The number of rotatable bonds is 5. The number of alkyl halides is 3. The second kappa shape index (κ2) is 8.18. The van der Waals surface area contributed by atoms with Crippen LogP contribution >= 0.6 is 0 Å². The van der Waals surface area contributed by atoms with Crippen molar-refractivity contribution in [2.45, 2.75) is 56.5 Å². The maximum Gasteiger partial charge on any atom is 0.398 e. The molecule has 36 heavy (non-hydrogen) atoms. The number of halogens is 5. The predicted octanol–water partition coefficient (Wildman–Crippen LogP) is 6.76. The molecule has 10 heteroatoms. The molecule has 1 N–H and O–H groups in total. The van der Waals surface area contributed by atoms with Crippen LogP contribution in [-0.2, 0) is 16.6 Å². The van der Waals surface area contributed by atoms with Crippen molar-refractivity contribution in [3.8, 4) is 11.5 Å². The Kier molecular flexibility index (Phi) is 5.28. The number of H-pyrrole nitrogens is 1. The van der Waals surface area contributed by atoms with E-state index in [4.69, 9.17) is 9.47 Å². The summed E-state index contributed by atoms with van der Waals surface area (Å²) in [5.41, 5.74) is -1.45. The molecule has 3 aliphatic rings. The maximum atomic E-state index is 15.0. The van der Waals surface area contributed by atoms with Crippen LogP contribution in [0.4, 0.5) is 22.0 Å². The summed E-state index contributed by atoms with van der Waals surface area (Å²) < 4.78 is 83.4. The highest BCUT2D eigenvalue weighted by atomic mass is 19.4. The molecule has 1 aromatic carbocycles. The van der Waals surface area contributed by atoms with Crippen LogP contribution in [0.2, 0.25) is 0 Å². The lowest BCUT2D eigenvalue weighted by Gasteiger charge is -2.43. The lowest BCUT2D eigenvalue weighted by Crippen LogP contribution is -2.47. The Labute approximate surface area is 203 Å². The number of hydrogen-bond acceptors (Lipinski definition) is 4. The topological polar surface area (TPSA) is 59.5 Å². The maximum absolute atomic E-state index is 15.0. The first-order valence-corrected chi connectivity index (χ1v) is 12.1. The third-order valence-electron chi connectivity index (χ3n) is 7.98. The van der Waals surface area contributed by atoms with Gasteiger partial charge >= 0.3 is 6.18 Å². The number of aliphatic imine (C=N–C) groups is 1. The fraction of sp³-hybridized carbons (Fsp3) is 0.462. The first kappa shape index (κ1) is 23.2. The molecule has 1 aliphatic heterocycles. The molecule has 0 radical (unpaired) electrons. The lowest BCUT2D eigenvalue weighted by molar-refractivity contribution is -0.212. The van der Waals surface area contributed by atoms with E-state index in [0.29, 0.717) is 31.0 Å². The van der Waals surface area contributed by atoms with Gasteiger partial charge in [0.25, 0.3) is 0 Å². The van der Waals surface area contributed by atoms with E-state index in [1.165, 1.54) is 18.5 Å². The van der Waals surface area contributed by atoms with Gasteiger partial charge in [-0.15, -0.1) is 0 Å². The molecule has 0 amide bonds. The highest BCUT2D eigenvalue weighted by molar-refractivity contribution is 5.88. The van der Waals surface area contributed by atoms with Crippen LogP contribution < -0.4 is 4.74 Å². The molecule has 3 aromatic rings. The number of nitrogens with zero attached hydrogens (tertiary/aromatic N) is 2. The minimum Gasteiger partial charge on any atom is -0.480 e. The summed E-state index contributed by atoms with van der Waals surface area (Å²) in [4.78, 5) is 11.3. The molecule has 2 saturated carbocycles. The minimum absolute atomic E-state index is 0.0199. The summed E-state index contributed by atoms with van der Waals surface area (Å²) in [7, 11) is 0. The van der Waals surface area contributed by atoms with Gasteiger partial charge in [0.1, 0.15) is 11.4 Å². The van der Waals surface area contributed by atoms with Crippen molar-refractivity contribution < 1.29 is 31.4 Å². The van der Waals surface area contributed by atoms with Gasteiger partial charge in [-0.05, 0) is 55.0 Å². The number of pyridine rings is 1. The molecular weight excluding hydrogens is 481 g/mol. The number of nitrogens with one attached hydrogen (secondary N) is 1. The van der Waals surface area contributed by atoms with Gasteiger partial charge < -0.3 is 14.5 Å². The molecule has 2 aliphatic carbocycles. The van der Waals surface area contributed by atoms with Gasteiger partial charge in [0.15, 0.2) is 23.3 Å². The van der Waals surface area contributed by atoms with E-state index in [2.05, 4.69) is 15.0 Å². The zero-order valence-electron chi connectivity index (χ0n) is 19.4. The molecule has 6 rings (SSSR count). The molecular formula is C26H24F5N3O2. The van der Waals surface area contributed by atoms with E-state index in [1.807, 2.05) is 0 Å². The summed E-state index contributed by atoms with van der Waals surface area (Å²) in [5, 5.41) is 0.0762. The Balaban J connectivity index is 1.29. The second-order valence-corrected chi connectivity index (χ2v) is 10.2. The van der Waals surface area contributed by atoms with Gasteiger partial charge in [-0.2, -0.15) is 13.2 Å². The molecule has 0 saturated heterocycles. The molecule has 5 nitrogen and oxygen atoms in total. The van der Waals surface area contributed by atoms with Crippen LogP contribution in [0.5, 0.6) is 11.5 Å². The standard InChI is InChI=1S/C26H24F5N3O2/c27-17-9-15(11-20-34-13-24(14-35-20)4-1-5-24)10-18(28)22(17)36-19-3-8-32-23-21(19)16(12-33-23)25(6-2-7-25)26(29,30)31/h3,8-10,12H,1-2,4-7,11,13-14H2,(H,32,33). The number of fused-ring (bicyclic) bond motifs is 1. The third kappa shape index (κ3) is 3.64. The lowest BCUT2D eigenvalue weighted by atomic mass is 9.64. The van der Waals surface area contributed by atoms with E-state index >= 15 is 8.78 Å². The molecule has 190 valence electrons. The summed E-state index contributed by atoms with van der Waals surface area (Å²) in [6.07, 6.45) is 1.86. The summed E-state index contributed by atoms with van der Waals surface area (Å²) >= 11 is 0. The smallest absolute Gasteiger partial charge is 0.398 e. The average Bonchev–Trinajstić information content (AvgIpc) is 3.19. The van der Waals surface area contributed by atoms with Gasteiger partial charge in [0.05, 0.1) is 24.0 Å². The van der Waals surface area contributed by atoms with Crippen molar-refractivity contribution in [3.05, 3.63) is 53.4 Å². The van der Waals surface area contributed by atoms with Crippen LogP contribution in [-0.4, -0.2) is 35.2 Å². The largest absolute Gasteiger partial charge is 0.480 e. The van der Waals surface area contributed by atoms with Gasteiger partial charge in [-0.25, -0.2) is 13.8 Å². The minimum atomic E-state index is -4.48. The van der Waals surface area contributed by atoms with E-state index in [1.54, 1.807) is 0 Å². The summed E-state index contributed by atoms with van der Waals surface area (Å²) in [6, 6.07) is 3.59. The molecule has 2 fully saturated rings. The van der Waals surface area contributed by atoms with Crippen molar-refractivity contribution in [2.24, 2.45) is 10.4 Å². The van der Waals surface area contributed by atoms with Crippen molar-refractivity contribution in [1.82, 2.24) is 9.97 Å². The van der Waals surface area contributed by atoms with Crippen molar-refractivity contribution in [3.63, 3.8) is 0 Å². The van der Waals surface area contributed by atoms with Crippen LogP contribution in [0.25, 0.3) is 11.0 Å².